The second-order valence-corrected chi connectivity index (χ2v) is 5.67. The molecule has 0 aliphatic heterocycles. The molecule has 0 atom stereocenters. The lowest BCUT2D eigenvalue weighted by atomic mass is 10.3. The van der Waals surface area contributed by atoms with Crippen molar-refractivity contribution < 1.29 is 14.0 Å². The van der Waals surface area contributed by atoms with Crippen LogP contribution >= 0.6 is 11.3 Å². The Bertz CT molecular complexity index is 841. The molecule has 3 heterocycles. The summed E-state index contributed by atoms with van der Waals surface area (Å²) >= 11 is 1.46. The highest BCUT2D eigenvalue weighted by Gasteiger charge is 2.16. The molecular weight excluding hydrogens is 326 g/mol. The molecule has 0 radical (unpaired) electrons. The van der Waals surface area contributed by atoms with Crippen LogP contribution in [-0.4, -0.2) is 16.8 Å². The van der Waals surface area contributed by atoms with E-state index in [-0.39, 0.29) is 11.5 Å². The molecule has 0 saturated carbocycles. The average Bonchev–Trinajstić information content (AvgIpc) is 3.29. The molecule has 2 N–H and O–H groups in total. The number of nitrogens with one attached hydrogen (secondary N) is 2. The minimum absolute atomic E-state index is 0.121. The van der Waals surface area contributed by atoms with Crippen LogP contribution in [0.25, 0.3) is 6.08 Å². The highest BCUT2D eigenvalue weighted by atomic mass is 32.1. The van der Waals surface area contributed by atoms with Crippen molar-refractivity contribution in [2.24, 2.45) is 0 Å². The monoisotopic (exact) mass is 339 g/mol. The number of hydrogen-bond acceptors (Lipinski definition) is 5. The molecule has 3 aromatic heterocycles. The van der Waals surface area contributed by atoms with Crippen molar-refractivity contribution in [2.45, 2.75) is 0 Å². The van der Waals surface area contributed by atoms with Gasteiger partial charge < -0.3 is 15.1 Å². The van der Waals surface area contributed by atoms with Gasteiger partial charge in [0.05, 0.1) is 6.26 Å². The van der Waals surface area contributed by atoms with E-state index in [1.807, 2.05) is 17.5 Å². The molecule has 0 bridgehead atoms. The molecule has 0 spiro atoms. The maximum atomic E-state index is 12.5. The van der Waals surface area contributed by atoms with E-state index in [2.05, 4.69) is 15.6 Å². The SMILES string of the molecule is O=C(Nc1ccncc1)C(=Cc1cccs1)NC(=O)c1ccco1. The van der Waals surface area contributed by atoms with Crippen LogP contribution in [0.3, 0.4) is 0 Å². The number of thiophene rings is 1. The minimum atomic E-state index is -0.493. The van der Waals surface area contributed by atoms with Crippen molar-refractivity contribution in [3.8, 4) is 0 Å². The van der Waals surface area contributed by atoms with E-state index in [1.165, 1.54) is 23.7 Å². The summed E-state index contributed by atoms with van der Waals surface area (Å²) in [6.45, 7) is 0. The van der Waals surface area contributed by atoms with Crippen molar-refractivity contribution in [3.63, 3.8) is 0 Å². The molecule has 120 valence electrons. The van der Waals surface area contributed by atoms with E-state index in [9.17, 15) is 9.59 Å². The zero-order chi connectivity index (χ0) is 16.8. The van der Waals surface area contributed by atoms with Crippen LogP contribution in [0.15, 0.2) is 70.5 Å². The summed E-state index contributed by atoms with van der Waals surface area (Å²) in [7, 11) is 0. The van der Waals surface area contributed by atoms with E-state index < -0.39 is 11.8 Å². The first-order valence-corrected chi connectivity index (χ1v) is 7.92. The van der Waals surface area contributed by atoms with Crippen molar-refractivity contribution >= 4 is 34.9 Å². The number of aromatic nitrogens is 1. The van der Waals surface area contributed by atoms with E-state index in [0.29, 0.717) is 5.69 Å². The molecule has 7 heteroatoms. The first kappa shape index (κ1) is 15.7. The van der Waals surface area contributed by atoms with Gasteiger partial charge in [-0.15, -0.1) is 11.3 Å². The second kappa shape index (κ2) is 7.38. The highest BCUT2D eigenvalue weighted by Crippen LogP contribution is 2.14. The number of nitrogens with zero attached hydrogens (tertiary/aromatic N) is 1. The highest BCUT2D eigenvalue weighted by molar-refractivity contribution is 7.10. The summed E-state index contributed by atoms with van der Waals surface area (Å²) in [5.74, 6) is -0.800. The van der Waals surface area contributed by atoms with Gasteiger partial charge in [0.2, 0.25) is 0 Å². The summed E-state index contributed by atoms with van der Waals surface area (Å²) in [5.41, 5.74) is 0.704. The molecule has 0 saturated heterocycles. The normalized spacial score (nSPS) is 11.1. The molecule has 6 nitrogen and oxygen atoms in total. The zero-order valence-electron chi connectivity index (χ0n) is 12.4. The molecule has 0 fully saturated rings. The fourth-order valence-electron chi connectivity index (χ4n) is 1.90. The lowest BCUT2D eigenvalue weighted by Crippen LogP contribution is -2.30. The number of rotatable bonds is 5. The maximum absolute atomic E-state index is 12.5. The van der Waals surface area contributed by atoms with E-state index in [0.717, 1.165) is 4.88 Å². The van der Waals surface area contributed by atoms with E-state index in [4.69, 9.17) is 4.42 Å². The van der Waals surface area contributed by atoms with Gasteiger partial charge in [0, 0.05) is 23.0 Å². The maximum Gasteiger partial charge on any atom is 0.291 e. The van der Waals surface area contributed by atoms with Crippen LogP contribution < -0.4 is 10.6 Å². The fraction of sp³-hybridized carbons (Fsp3) is 0. The Kier molecular flexibility index (Phi) is 4.83. The van der Waals surface area contributed by atoms with E-state index in [1.54, 1.807) is 36.7 Å². The van der Waals surface area contributed by atoms with Crippen LogP contribution in [0.2, 0.25) is 0 Å². The van der Waals surface area contributed by atoms with Gasteiger partial charge in [-0.1, -0.05) is 6.07 Å². The Morgan fingerprint density at radius 1 is 1.12 bits per heavy atom. The topological polar surface area (TPSA) is 84.2 Å². The second-order valence-electron chi connectivity index (χ2n) is 4.69. The molecule has 0 unspecified atom stereocenters. The molecule has 3 rings (SSSR count). The van der Waals surface area contributed by atoms with Crippen LogP contribution in [-0.2, 0) is 4.79 Å². The smallest absolute Gasteiger partial charge is 0.291 e. The molecule has 0 aliphatic rings. The zero-order valence-corrected chi connectivity index (χ0v) is 13.2. The molecule has 0 aliphatic carbocycles. The fourth-order valence-corrected chi connectivity index (χ4v) is 2.56. The average molecular weight is 339 g/mol. The molecule has 24 heavy (non-hydrogen) atoms. The van der Waals surface area contributed by atoms with Crippen LogP contribution in [0, 0.1) is 0 Å². The van der Waals surface area contributed by atoms with Crippen molar-refractivity contribution in [1.82, 2.24) is 10.3 Å². The number of hydrogen-bond donors (Lipinski definition) is 2. The predicted molar refractivity (Wildman–Crippen MR) is 91.3 cm³/mol. The third-order valence-corrected chi connectivity index (χ3v) is 3.83. The Hall–Kier alpha value is -3.19. The number of carbonyl (C=O) groups excluding carboxylic acids is 2. The number of anilines is 1. The van der Waals surface area contributed by atoms with Crippen molar-refractivity contribution in [3.05, 3.63) is 76.8 Å². The summed E-state index contributed by atoms with van der Waals surface area (Å²) < 4.78 is 5.05. The van der Waals surface area contributed by atoms with Gasteiger partial charge >= 0.3 is 0 Å². The Morgan fingerprint density at radius 2 is 1.96 bits per heavy atom. The van der Waals surface area contributed by atoms with Gasteiger partial charge in [0.15, 0.2) is 5.76 Å². The van der Waals surface area contributed by atoms with Gasteiger partial charge in [0.25, 0.3) is 11.8 Å². The van der Waals surface area contributed by atoms with Gasteiger partial charge in [0.1, 0.15) is 5.70 Å². The molecule has 0 aromatic carbocycles. The lowest BCUT2D eigenvalue weighted by molar-refractivity contribution is -0.113. The van der Waals surface area contributed by atoms with Gasteiger partial charge in [-0.05, 0) is 41.8 Å². The first-order valence-electron chi connectivity index (χ1n) is 7.04. The minimum Gasteiger partial charge on any atom is -0.459 e. The molecular formula is C17H13N3O3S. The predicted octanol–water partition coefficient (Wildman–Crippen LogP) is 3.15. The third kappa shape index (κ3) is 3.96. The quantitative estimate of drug-likeness (QED) is 0.699. The third-order valence-electron chi connectivity index (χ3n) is 3.01. The summed E-state index contributed by atoms with van der Waals surface area (Å²) in [4.78, 5) is 29.4. The Morgan fingerprint density at radius 3 is 2.62 bits per heavy atom. The van der Waals surface area contributed by atoms with Crippen molar-refractivity contribution in [2.75, 3.05) is 5.32 Å². The lowest BCUT2D eigenvalue weighted by Gasteiger charge is -2.09. The van der Waals surface area contributed by atoms with Crippen LogP contribution in [0.1, 0.15) is 15.4 Å². The Labute approximate surface area is 141 Å². The van der Waals surface area contributed by atoms with Crippen LogP contribution in [0.4, 0.5) is 5.69 Å². The van der Waals surface area contributed by atoms with E-state index >= 15 is 0 Å². The molecule has 3 aromatic rings. The van der Waals surface area contributed by atoms with Crippen LogP contribution in [0.5, 0.6) is 0 Å². The number of furan rings is 1. The van der Waals surface area contributed by atoms with Gasteiger partial charge in [-0.2, -0.15) is 0 Å². The molecule has 2 amide bonds. The Balaban J connectivity index is 1.82. The summed E-state index contributed by atoms with van der Waals surface area (Å²) in [6, 6.07) is 10.2. The van der Waals surface area contributed by atoms with Gasteiger partial charge in [-0.25, -0.2) is 0 Å². The number of carbonyl (C=O) groups is 2. The van der Waals surface area contributed by atoms with Crippen molar-refractivity contribution in [1.29, 1.82) is 0 Å². The first-order chi connectivity index (χ1) is 11.7. The summed E-state index contributed by atoms with van der Waals surface area (Å²) in [6.07, 6.45) is 6.15. The number of pyridine rings is 1. The largest absolute Gasteiger partial charge is 0.459 e. The summed E-state index contributed by atoms with van der Waals surface area (Å²) in [5, 5.41) is 7.19. The number of amides is 2. The van der Waals surface area contributed by atoms with Gasteiger partial charge in [-0.3, -0.25) is 14.6 Å². The standard InChI is InChI=1S/C17H13N3O3S/c21-16(19-12-5-7-18-8-6-12)14(11-13-3-2-10-24-13)20-17(22)15-4-1-9-23-15/h1-11H,(H,20,22)(H,18,19,21).